The summed E-state index contributed by atoms with van der Waals surface area (Å²) in [5, 5.41) is 1.89. The molecule has 2 aliphatic rings. The highest BCUT2D eigenvalue weighted by Crippen LogP contribution is 2.33. The van der Waals surface area contributed by atoms with E-state index in [-0.39, 0.29) is 0 Å². The molecule has 25 heavy (non-hydrogen) atoms. The molecule has 134 valence electrons. The van der Waals surface area contributed by atoms with Crippen molar-refractivity contribution in [2.75, 3.05) is 18.1 Å². The standard InChI is InChI=1S/C20H26ClN3O/c21-14-3-8-18-19(12-14)23-10-9-20(18)24(13-17-2-1-11-25-17)16-6-4-15(22)5-7-16/h3,8-10,12,15-17H,1-2,4-7,11,13,22H2. The first-order chi connectivity index (χ1) is 12.2. The minimum Gasteiger partial charge on any atom is -0.376 e. The highest BCUT2D eigenvalue weighted by molar-refractivity contribution is 6.31. The van der Waals surface area contributed by atoms with Gasteiger partial charge in [-0.1, -0.05) is 11.6 Å². The van der Waals surface area contributed by atoms with Gasteiger partial charge in [-0.2, -0.15) is 0 Å². The zero-order valence-electron chi connectivity index (χ0n) is 14.5. The van der Waals surface area contributed by atoms with Gasteiger partial charge in [0.2, 0.25) is 0 Å². The molecule has 0 radical (unpaired) electrons. The number of aromatic nitrogens is 1. The van der Waals surface area contributed by atoms with Gasteiger partial charge in [0.25, 0.3) is 0 Å². The molecule has 2 aromatic rings. The van der Waals surface area contributed by atoms with Crippen molar-refractivity contribution < 1.29 is 4.74 Å². The molecular formula is C20H26ClN3O. The summed E-state index contributed by atoms with van der Waals surface area (Å²) in [4.78, 5) is 7.07. The number of fused-ring (bicyclic) bond motifs is 1. The third kappa shape index (κ3) is 3.76. The van der Waals surface area contributed by atoms with Crippen LogP contribution in [0.25, 0.3) is 10.9 Å². The number of nitrogens with zero attached hydrogens (tertiary/aromatic N) is 2. The molecule has 1 aliphatic heterocycles. The first-order valence-electron chi connectivity index (χ1n) is 9.39. The Hall–Kier alpha value is -1.36. The van der Waals surface area contributed by atoms with Gasteiger partial charge in [0, 0.05) is 47.5 Å². The van der Waals surface area contributed by atoms with Crippen LogP contribution in [-0.2, 0) is 4.74 Å². The van der Waals surface area contributed by atoms with Crippen molar-refractivity contribution in [1.82, 2.24) is 4.98 Å². The van der Waals surface area contributed by atoms with Crippen molar-refractivity contribution >= 4 is 28.2 Å². The van der Waals surface area contributed by atoms with Gasteiger partial charge >= 0.3 is 0 Å². The molecule has 4 rings (SSSR count). The van der Waals surface area contributed by atoms with Gasteiger partial charge in [-0.15, -0.1) is 0 Å². The average molecular weight is 360 g/mol. The van der Waals surface area contributed by atoms with Crippen LogP contribution in [0, 0.1) is 0 Å². The molecule has 1 aliphatic carbocycles. The van der Waals surface area contributed by atoms with Crippen LogP contribution in [-0.4, -0.2) is 36.3 Å². The van der Waals surface area contributed by atoms with Crippen LogP contribution in [0.4, 0.5) is 5.69 Å². The van der Waals surface area contributed by atoms with Gasteiger partial charge in [0.05, 0.1) is 11.6 Å². The molecule has 5 heteroatoms. The quantitative estimate of drug-likeness (QED) is 0.891. The third-order valence-corrected chi connectivity index (χ3v) is 5.83. The second kappa shape index (κ2) is 7.48. The number of rotatable bonds is 4. The monoisotopic (exact) mass is 359 g/mol. The Kier molecular flexibility index (Phi) is 5.11. The van der Waals surface area contributed by atoms with Crippen molar-refractivity contribution in [3.63, 3.8) is 0 Å². The number of ether oxygens (including phenoxy) is 1. The molecule has 0 spiro atoms. The number of pyridine rings is 1. The molecule has 1 aromatic heterocycles. The average Bonchev–Trinajstić information content (AvgIpc) is 3.13. The number of anilines is 1. The minimum atomic E-state index is 0.325. The lowest BCUT2D eigenvalue weighted by Crippen LogP contribution is -2.44. The fraction of sp³-hybridized carbons (Fsp3) is 0.550. The summed E-state index contributed by atoms with van der Waals surface area (Å²) in [6.07, 6.45) is 9.02. The molecule has 1 saturated carbocycles. The Labute approximate surface area is 154 Å². The second-order valence-electron chi connectivity index (χ2n) is 7.35. The van der Waals surface area contributed by atoms with Crippen LogP contribution in [0.5, 0.6) is 0 Å². The maximum Gasteiger partial charge on any atom is 0.0750 e. The van der Waals surface area contributed by atoms with E-state index >= 15 is 0 Å². The van der Waals surface area contributed by atoms with Crippen molar-refractivity contribution in [2.45, 2.75) is 56.7 Å². The van der Waals surface area contributed by atoms with Crippen molar-refractivity contribution in [2.24, 2.45) is 5.73 Å². The summed E-state index contributed by atoms with van der Waals surface area (Å²) in [5.74, 6) is 0. The summed E-state index contributed by atoms with van der Waals surface area (Å²) in [5.41, 5.74) is 8.34. The van der Waals surface area contributed by atoms with E-state index in [0.717, 1.165) is 55.8 Å². The lowest BCUT2D eigenvalue weighted by atomic mass is 9.90. The predicted molar refractivity (Wildman–Crippen MR) is 103 cm³/mol. The Morgan fingerprint density at radius 2 is 2.00 bits per heavy atom. The fourth-order valence-electron chi connectivity index (χ4n) is 4.22. The Morgan fingerprint density at radius 1 is 1.16 bits per heavy atom. The van der Waals surface area contributed by atoms with Crippen LogP contribution in [0.3, 0.4) is 0 Å². The lowest BCUT2D eigenvalue weighted by molar-refractivity contribution is 0.112. The van der Waals surface area contributed by atoms with E-state index < -0.39 is 0 Å². The number of nitrogens with two attached hydrogens (primary N) is 1. The van der Waals surface area contributed by atoms with Gasteiger partial charge in [-0.25, -0.2) is 0 Å². The van der Waals surface area contributed by atoms with Gasteiger partial charge in [0.15, 0.2) is 0 Å². The predicted octanol–water partition coefficient (Wildman–Crippen LogP) is 4.14. The van der Waals surface area contributed by atoms with Crippen LogP contribution >= 0.6 is 11.6 Å². The van der Waals surface area contributed by atoms with E-state index in [0.29, 0.717) is 18.2 Å². The molecular weight excluding hydrogens is 334 g/mol. The number of hydrogen-bond donors (Lipinski definition) is 1. The molecule has 1 unspecified atom stereocenters. The van der Waals surface area contributed by atoms with Crippen LogP contribution < -0.4 is 10.6 Å². The minimum absolute atomic E-state index is 0.325. The number of benzene rings is 1. The molecule has 2 N–H and O–H groups in total. The van der Waals surface area contributed by atoms with Crippen molar-refractivity contribution in [1.29, 1.82) is 0 Å². The van der Waals surface area contributed by atoms with Crippen molar-refractivity contribution in [3.05, 3.63) is 35.5 Å². The zero-order chi connectivity index (χ0) is 17.2. The molecule has 2 fully saturated rings. The van der Waals surface area contributed by atoms with Crippen LogP contribution in [0.1, 0.15) is 38.5 Å². The first kappa shape index (κ1) is 17.1. The third-order valence-electron chi connectivity index (χ3n) is 5.60. The zero-order valence-corrected chi connectivity index (χ0v) is 15.3. The maximum absolute atomic E-state index is 6.17. The molecule has 4 nitrogen and oxygen atoms in total. The molecule has 0 bridgehead atoms. The summed E-state index contributed by atoms with van der Waals surface area (Å²) in [6.45, 7) is 1.84. The van der Waals surface area contributed by atoms with E-state index in [1.165, 1.54) is 17.5 Å². The fourth-order valence-corrected chi connectivity index (χ4v) is 4.39. The van der Waals surface area contributed by atoms with E-state index in [9.17, 15) is 0 Å². The first-order valence-corrected chi connectivity index (χ1v) is 9.76. The van der Waals surface area contributed by atoms with Gasteiger partial charge < -0.3 is 15.4 Å². The molecule has 1 saturated heterocycles. The maximum atomic E-state index is 6.17. The summed E-state index contributed by atoms with van der Waals surface area (Å²) in [7, 11) is 0. The smallest absolute Gasteiger partial charge is 0.0750 e. The SMILES string of the molecule is NC1CCC(N(CC2CCCO2)c2ccnc3cc(Cl)ccc23)CC1. The number of halogens is 1. The summed E-state index contributed by atoms with van der Waals surface area (Å²) in [6, 6.07) is 9.01. The van der Waals surface area contributed by atoms with Crippen molar-refractivity contribution in [3.8, 4) is 0 Å². The summed E-state index contributed by atoms with van der Waals surface area (Å²) >= 11 is 6.17. The Balaban J connectivity index is 1.69. The van der Waals surface area contributed by atoms with E-state index in [1.807, 2.05) is 18.3 Å². The molecule has 0 amide bonds. The van der Waals surface area contributed by atoms with Crippen LogP contribution in [0.2, 0.25) is 5.02 Å². The highest BCUT2D eigenvalue weighted by Gasteiger charge is 2.29. The molecule has 2 heterocycles. The van der Waals surface area contributed by atoms with E-state index in [1.54, 1.807) is 0 Å². The van der Waals surface area contributed by atoms with Gasteiger partial charge in [0.1, 0.15) is 0 Å². The second-order valence-corrected chi connectivity index (χ2v) is 7.78. The molecule has 1 aromatic carbocycles. The normalized spacial score (nSPS) is 26.9. The van der Waals surface area contributed by atoms with Crippen LogP contribution in [0.15, 0.2) is 30.5 Å². The number of hydrogen-bond acceptors (Lipinski definition) is 4. The lowest BCUT2D eigenvalue weighted by Gasteiger charge is -2.39. The van der Waals surface area contributed by atoms with Gasteiger partial charge in [-0.05, 0) is 62.8 Å². The van der Waals surface area contributed by atoms with Gasteiger partial charge in [-0.3, -0.25) is 4.98 Å². The van der Waals surface area contributed by atoms with E-state index in [2.05, 4.69) is 22.0 Å². The summed E-state index contributed by atoms with van der Waals surface area (Å²) < 4.78 is 5.94. The molecule has 1 atom stereocenters. The largest absolute Gasteiger partial charge is 0.376 e. The Bertz CT molecular complexity index is 724. The Morgan fingerprint density at radius 3 is 2.76 bits per heavy atom. The highest BCUT2D eigenvalue weighted by atomic mass is 35.5. The van der Waals surface area contributed by atoms with E-state index in [4.69, 9.17) is 22.1 Å². The topological polar surface area (TPSA) is 51.4 Å².